The average Bonchev–Trinajstić information content (AvgIpc) is 1.98. The third-order valence-corrected chi connectivity index (χ3v) is 3.75. The lowest BCUT2D eigenvalue weighted by Gasteiger charge is -2.42. The van der Waals surface area contributed by atoms with Crippen molar-refractivity contribution in [1.82, 2.24) is 0 Å². The van der Waals surface area contributed by atoms with Crippen LogP contribution in [0.25, 0.3) is 0 Å². The molecule has 0 rings (SSSR count). The minimum absolute atomic E-state index is 0.564. The van der Waals surface area contributed by atoms with Crippen molar-refractivity contribution in [2.24, 2.45) is 23.2 Å². The number of rotatable bonds is 5. The van der Waals surface area contributed by atoms with Crippen molar-refractivity contribution in [3.8, 4) is 0 Å². The maximum absolute atomic E-state index is 2.38. The lowest BCUT2D eigenvalue weighted by atomic mass is 9.63. The molecule has 0 aliphatic carbocycles. The van der Waals surface area contributed by atoms with Crippen LogP contribution < -0.4 is 0 Å². The van der Waals surface area contributed by atoms with Crippen LogP contribution in [0.5, 0.6) is 0 Å². The Morgan fingerprint density at radius 3 is 1.31 bits per heavy atom. The summed E-state index contributed by atoms with van der Waals surface area (Å²) in [5.74, 6) is 2.43. The molecule has 0 unspecified atom stereocenters. The molecule has 0 aromatic carbocycles. The quantitative estimate of drug-likeness (QED) is 0.579. The lowest BCUT2D eigenvalue weighted by molar-refractivity contribution is 0.0748. The van der Waals surface area contributed by atoms with Crippen LogP contribution in [0.4, 0.5) is 0 Å². The molecule has 0 aromatic heterocycles. The van der Waals surface area contributed by atoms with Crippen LogP contribution >= 0.6 is 0 Å². The zero-order valence-electron chi connectivity index (χ0n) is 10.6. The minimum Gasteiger partial charge on any atom is -0.0648 e. The highest BCUT2D eigenvalue weighted by Crippen LogP contribution is 2.44. The molecular formula is C13H28. The SMILES string of the molecule is CCC(CC(C)C)(C(C)C)C(C)C. The van der Waals surface area contributed by atoms with Crippen molar-refractivity contribution in [3.63, 3.8) is 0 Å². The molecule has 0 saturated heterocycles. The highest BCUT2D eigenvalue weighted by molar-refractivity contribution is 4.85. The Hall–Kier alpha value is 0. The van der Waals surface area contributed by atoms with Gasteiger partial charge in [-0.25, -0.2) is 0 Å². The standard InChI is InChI=1S/C13H28/c1-8-13(11(4)5,12(6)7)9-10(2)3/h10-12H,8-9H2,1-7H3. The van der Waals surface area contributed by atoms with Gasteiger partial charge in [0.2, 0.25) is 0 Å². The van der Waals surface area contributed by atoms with E-state index < -0.39 is 0 Å². The summed E-state index contributed by atoms with van der Waals surface area (Å²) in [5, 5.41) is 0. The third kappa shape index (κ3) is 3.00. The van der Waals surface area contributed by atoms with E-state index in [0.717, 1.165) is 17.8 Å². The molecule has 0 aromatic rings. The number of hydrogen-bond acceptors (Lipinski definition) is 0. The van der Waals surface area contributed by atoms with Crippen LogP contribution in [0, 0.1) is 23.2 Å². The van der Waals surface area contributed by atoms with Crippen LogP contribution in [0.2, 0.25) is 0 Å². The summed E-state index contributed by atoms with van der Waals surface area (Å²) in [6.45, 7) is 16.6. The van der Waals surface area contributed by atoms with Gasteiger partial charge in [0.25, 0.3) is 0 Å². The molecule has 0 heteroatoms. The first-order valence-electron chi connectivity index (χ1n) is 5.86. The van der Waals surface area contributed by atoms with Gasteiger partial charge in [-0.15, -0.1) is 0 Å². The second-order valence-electron chi connectivity index (χ2n) is 5.49. The fourth-order valence-corrected chi connectivity index (χ4v) is 2.86. The molecule has 13 heavy (non-hydrogen) atoms. The van der Waals surface area contributed by atoms with Gasteiger partial charge in [-0.1, -0.05) is 48.5 Å². The second-order valence-corrected chi connectivity index (χ2v) is 5.49. The normalized spacial score (nSPS) is 13.4. The summed E-state index contributed by atoms with van der Waals surface area (Å²) in [6.07, 6.45) is 2.69. The van der Waals surface area contributed by atoms with E-state index in [1.807, 2.05) is 0 Å². The van der Waals surface area contributed by atoms with E-state index in [-0.39, 0.29) is 0 Å². The smallest absolute Gasteiger partial charge is 0.0252 e. The summed E-state index contributed by atoms with van der Waals surface area (Å²) in [4.78, 5) is 0. The molecule has 0 atom stereocenters. The van der Waals surface area contributed by atoms with Crippen LogP contribution in [-0.2, 0) is 0 Å². The van der Waals surface area contributed by atoms with Gasteiger partial charge in [-0.05, 0) is 36.0 Å². The van der Waals surface area contributed by atoms with E-state index in [4.69, 9.17) is 0 Å². The Morgan fingerprint density at radius 1 is 0.846 bits per heavy atom. The van der Waals surface area contributed by atoms with Crippen molar-refractivity contribution >= 4 is 0 Å². The Morgan fingerprint density at radius 2 is 1.23 bits per heavy atom. The van der Waals surface area contributed by atoms with Gasteiger partial charge < -0.3 is 0 Å². The molecule has 0 fully saturated rings. The molecule has 0 bridgehead atoms. The van der Waals surface area contributed by atoms with Crippen LogP contribution in [0.15, 0.2) is 0 Å². The van der Waals surface area contributed by atoms with Crippen LogP contribution in [-0.4, -0.2) is 0 Å². The Balaban J connectivity index is 4.65. The predicted molar refractivity (Wildman–Crippen MR) is 61.9 cm³/mol. The first-order valence-corrected chi connectivity index (χ1v) is 5.86. The topological polar surface area (TPSA) is 0 Å². The largest absolute Gasteiger partial charge is 0.0648 e. The molecule has 0 aliphatic rings. The minimum atomic E-state index is 0.564. The summed E-state index contributed by atoms with van der Waals surface area (Å²) >= 11 is 0. The maximum Gasteiger partial charge on any atom is -0.0252 e. The van der Waals surface area contributed by atoms with Crippen molar-refractivity contribution in [1.29, 1.82) is 0 Å². The molecule has 0 amide bonds. The van der Waals surface area contributed by atoms with E-state index in [9.17, 15) is 0 Å². The fraction of sp³-hybridized carbons (Fsp3) is 1.00. The predicted octanol–water partition coefficient (Wildman–Crippen LogP) is 4.74. The monoisotopic (exact) mass is 184 g/mol. The van der Waals surface area contributed by atoms with Gasteiger partial charge >= 0.3 is 0 Å². The van der Waals surface area contributed by atoms with Crippen molar-refractivity contribution in [2.75, 3.05) is 0 Å². The van der Waals surface area contributed by atoms with Crippen molar-refractivity contribution in [2.45, 2.75) is 61.3 Å². The molecule has 0 spiro atoms. The molecular weight excluding hydrogens is 156 g/mol. The average molecular weight is 184 g/mol. The number of hydrogen-bond donors (Lipinski definition) is 0. The van der Waals surface area contributed by atoms with Crippen LogP contribution in [0.3, 0.4) is 0 Å². The zero-order chi connectivity index (χ0) is 10.6. The van der Waals surface area contributed by atoms with Crippen molar-refractivity contribution < 1.29 is 0 Å². The van der Waals surface area contributed by atoms with Crippen molar-refractivity contribution in [3.05, 3.63) is 0 Å². The molecule has 0 saturated carbocycles. The van der Waals surface area contributed by atoms with Gasteiger partial charge in [-0.2, -0.15) is 0 Å². The summed E-state index contributed by atoms with van der Waals surface area (Å²) in [7, 11) is 0. The maximum atomic E-state index is 2.38. The molecule has 0 N–H and O–H groups in total. The van der Waals surface area contributed by atoms with Gasteiger partial charge in [0.15, 0.2) is 0 Å². The van der Waals surface area contributed by atoms with Gasteiger partial charge in [0, 0.05) is 0 Å². The van der Waals surface area contributed by atoms with Gasteiger partial charge in [0.1, 0.15) is 0 Å². The lowest BCUT2D eigenvalue weighted by Crippen LogP contribution is -2.33. The molecule has 80 valence electrons. The van der Waals surface area contributed by atoms with E-state index in [2.05, 4.69) is 48.5 Å². The Labute approximate surface area is 85.1 Å². The molecule has 0 heterocycles. The molecule has 0 aliphatic heterocycles. The van der Waals surface area contributed by atoms with Crippen LogP contribution in [0.1, 0.15) is 61.3 Å². The molecule has 0 radical (unpaired) electrons. The summed E-state index contributed by atoms with van der Waals surface area (Å²) in [5.41, 5.74) is 0.564. The zero-order valence-corrected chi connectivity index (χ0v) is 10.6. The van der Waals surface area contributed by atoms with Gasteiger partial charge in [0.05, 0.1) is 0 Å². The van der Waals surface area contributed by atoms with E-state index in [1.54, 1.807) is 0 Å². The van der Waals surface area contributed by atoms with E-state index in [1.165, 1.54) is 12.8 Å². The summed E-state index contributed by atoms with van der Waals surface area (Å²) in [6, 6.07) is 0. The fourth-order valence-electron chi connectivity index (χ4n) is 2.86. The Bertz CT molecular complexity index is 123. The first kappa shape index (κ1) is 13.0. The molecule has 0 nitrogen and oxygen atoms in total. The Kier molecular flexibility index (Phi) is 5.02. The van der Waals surface area contributed by atoms with E-state index >= 15 is 0 Å². The highest BCUT2D eigenvalue weighted by atomic mass is 14.4. The third-order valence-electron chi connectivity index (χ3n) is 3.75. The van der Waals surface area contributed by atoms with E-state index in [0.29, 0.717) is 5.41 Å². The second kappa shape index (κ2) is 5.02. The van der Waals surface area contributed by atoms with Gasteiger partial charge in [-0.3, -0.25) is 0 Å². The highest BCUT2D eigenvalue weighted by Gasteiger charge is 2.35. The summed E-state index contributed by atoms with van der Waals surface area (Å²) < 4.78 is 0. The first-order chi connectivity index (χ1) is 5.86.